The van der Waals surface area contributed by atoms with Gasteiger partial charge in [0.1, 0.15) is 17.4 Å². The van der Waals surface area contributed by atoms with Crippen LogP contribution in [0.15, 0.2) is 54.7 Å². The zero-order valence-electron chi connectivity index (χ0n) is 16.9. The molecular weight excluding hydrogens is 427 g/mol. The summed E-state index contributed by atoms with van der Waals surface area (Å²) in [4.78, 5) is 16.1. The lowest BCUT2D eigenvalue weighted by molar-refractivity contribution is -0.274. The van der Waals surface area contributed by atoms with Gasteiger partial charge in [0.25, 0.3) is 0 Å². The third kappa shape index (κ3) is 7.63. The van der Waals surface area contributed by atoms with Crippen molar-refractivity contribution in [3.05, 3.63) is 60.3 Å². The number of carbonyl (C=O) groups excluding carboxylic acids is 1. The molecule has 0 atom stereocenters. The van der Waals surface area contributed by atoms with Crippen LogP contribution in [-0.2, 0) is 0 Å². The molecule has 0 aliphatic heterocycles. The number of carbonyl (C=O) groups is 1. The molecule has 0 bridgehead atoms. The second-order valence-corrected chi connectivity index (χ2v) is 6.53. The maximum Gasteiger partial charge on any atom is 0.573 e. The summed E-state index contributed by atoms with van der Waals surface area (Å²) in [5, 5.41) is 19.3. The number of pyridine rings is 1. The first kappa shape index (κ1) is 22.6. The first-order chi connectivity index (χ1) is 15.3. The Labute approximate surface area is 181 Å². The van der Waals surface area contributed by atoms with Crippen LogP contribution in [0.3, 0.4) is 0 Å². The number of aromatic nitrogens is 3. The Hall–Kier alpha value is -4.09. The average molecular weight is 447 g/mol. The molecule has 2 heterocycles. The molecular formula is C20H20F3N7O2. The van der Waals surface area contributed by atoms with Crippen LogP contribution in [0, 0.1) is 6.92 Å². The van der Waals surface area contributed by atoms with Crippen LogP contribution >= 0.6 is 0 Å². The summed E-state index contributed by atoms with van der Waals surface area (Å²) in [5.74, 6) is 1.36. The van der Waals surface area contributed by atoms with Gasteiger partial charge in [-0.05, 0) is 61.0 Å². The second-order valence-electron chi connectivity index (χ2n) is 6.53. The van der Waals surface area contributed by atoms with Crippen molar-refractivity contribution in [1.29, 1.82) is 0 Å². The topological polar surface area (TPSA) is 113 Å². The number of urea groups is 1. The summed E-state index contributed by atoms with van der Waals surface area (Å²) in [6, 6.07) is 11.6. The molecule has 168 valence electrons. The van der Waals surface area contributed by atoms with E-state index in [1.807, 2.05) is 19.1 Å². The van der Waals surface area contributed by atoms with Crippen molar-refractivity contribution < 1.29 is 22.7 Å². The van der Waals surface area contributed by atoms with Crippen molar-refractivity contribution in [3.63, 3.8) is 0 Å². The number of halogens is 3. The maximum absolute atomic E-state index is 12.1. The molecule has 0 aliphatic rings. The van der Waals surface area contributed by atoms with Gasteiger partial charge < -0.3 is 26.0 Å². The maximum atomic E-state index is 12.1. The summed E-state index contributed by atoms with van der Waals surface area (Å²) in [7, 11) is 0. The number of aryl methyl sites for hydroxylation is 1. The van der Waals surface area contributed by atoms with E-state index in [-0.39, 0.29) is 12.3 Å². The van der Waals surface area contributed by atoms with Crippen LogP contribution in [0.4, 0.5) is 41.1 Å². The SMILES string of the molecule is Cc1ccnc(Nc2ccc(NCCNC(=O)Nc3ccc(OC(F)(F)F)cc3)nn2)c1. The molecule has 4 N–H and O–H groups in total. The number of hydrogen-bond acceptors (Lipinski definition) is 7. The van der Waals surface area contributed by atoms with Gasteiger partial charge in [0.05, 0.1) is 0 Å². The lowest BCUT2D eigenvalue weighted by Crippen LogP contribution is -2.32. The Morgan fingerprint density at radius 3 is 2.34 bits per heavy atom. The minimum Gasteiger partial charge on any atom is -0.406 e. The number of alkyl halides is 3. The highest BCUT2D eigenvalue weighted by atomic mass is 19.4. The van der Waals surface area contributed by atoms with Crippen molar-refractivity contribution in [2.75, 3.05) is 29.0 Å². The van der Waals surface area contributed by atoms with Gasteiger partial charge in [-0.3, -0.25) is 0 Å². The second kappa shape index (κ2) is 10.3. The minimum absolute atomic E-state index is 0.274. The van der Waals surface area contributed by atoms with E-state index in [0.717, 1.165) is 17.7 Å². The molecule has 3 rings (SSSR count). The zero-order chi connectivity index (χ0) is 23.0. The third-order valence-corrected chi connectivity index (χ3v) is 3.90. The number of ether oxygens (including phenoxy) is 1. The highest BCUT2D eigenvalue weighted by Crippen LogP contribution is 2.23. The molecule has 0 saturated heterocycles. The fourth-order valence-electron chi connectivity index (χ4n) is 2.51. The van der Waals surface area contributed by atoms with Crippen LogP contribution in [0.25, 0.3) is 0 Å². The van der Waals surface area contributed by atoms with E-state index in [4.69, 9.17) is 0 Å². The standard InChI is InChI=1S/C20H20F3N7O2/c1-13-8-9-24-18(12-13)28-17-7-6-16(29-30-17)25-10-11-26-19(31)27-14-2-4-15(5-3-14)32-20(21,22)23/h2-9,12H,10-11H2,1H3,(H,25,29)(H,24,28,30)(H2,26,27,31). The van der Waals surface area contributed by atoms with E-state index in [1.165, 1.54) is 12.1 Å². The molecule has 0 saturated carbocycles. The summed E-state index contributed by atoms with van der Waals surface area (Å²) in [5.41, 5.74) is 1.39. The van der Waals surface area contributed by atoms with Crippen molar-refractivity contribution in [1.82, 2.24) is 20.5 Å². The van der Waals surface area contributed by atoms with Crippen LogP contribution in [0.1, 0.15) is 5.56 Å². The van der Waals surface area contributed by atoms with Crippen molar-refractivity contribution >= 4 is 29.2 Å². The van der Waals surface area contributed by atoms with Gasteiger partial charge >= 0.3 is 12.4 Å². The molecule has 0 unspecified atom stereocenters. The fourth-order valence-corrected chi connectivity index (χ4v) is 2.51. The Morgan fingerprint density at radius 2 is 1.69 bits per heavy atom. The smallest absolute Gasteiger partial charge is 0.406 e. The molecule has 1 aromatic carbocycles. The molecule has 0 radical (unpaired) electrons. The Balaban J connectivity index is 1.37. The summed E-state index contributed by atoms with van der Waals surface area (Å²) in [6.07, 6.45) is -3.07. The van der Waals surface area contributed by atoms with Crippen molar-refractivity contribution in [2.45, 2.75) is 13.3 Å². The highest BCUT2D eigenvalue weighted by molar-refractivity contribution is 5.89. The number of hydrogen-bond donors (Lipinski definition) is 4. The number of nitrogens with zero attached hydrogens (tertiary/aromatic N) is 3. The van der Waals surface area contributed by atoms with Gasteiger partial charge in [-0.25, -0.2) is 9.78 Å². The number of rotatable bonds is 8. The molecule has 3 aromatic rings. The van der Waals surface area contributed by atoms with Crippen molar-refractivity contribution in [3.8, 4) is 5.75 Å². The number of benzene rings is 1. The van der Waals surface area contributed by atoms with Crippen LogP contribution in [-0.4, -0.2) is 40.7 Å². The predicted octanol–water partition coefficient (Wildman–Crippen LogP) is 4.06. The number of anilines is 4. The van der Waals surface area contributed by atoms with E-state index in [2.05, 4.69) is 41.2 Å². The molecule has 0 fully saturated rings. The lowest BCUT2D eigenvalue weighted by atomic mass is 10.3. The van der Waals surface area contributed by atoms with Gasteiger partial charge in [0.15, 0.2) is 5.82 Å². The Morgan fingerprint density at radius 1 is 0.969 bits per heavy atom. The summed E-state index contributed by atoms with van der Waals surface area (Å²) in [6.45, 7) is 2.62. The summed E-state index contributed by atoms with van der Waals surface area (Å²) < 4.78 is 40.2. The van der Waals surface area contributed by atoms with Crippen LogP contribution in [0.2, 0.25) is 0 Å². The van der Waals surface area contributed by atoms with E-state index in [0.29, 0.717) is 29.7 Å². The van der Waals surface area contributed by atoms with Gasteiger partial charge in [-0.15, -0.1) is 23.4 Å². The average Bonchev–Trinajstić information content (AvgIpc) is 2.73. The monoisotopic (exact) mass is 447 g/mol. The molecule has 0 aliphatic carbocycles. The van der Waals surface area contributed by atoms with E-state index in [1.54, 1.807) is 18.3 Å². The zero-order valence-corrected chi connectivity index (χ0v) is 16.9. The molecule has 2 amide bonds. The minimum atomic E-state index is -4.77. The fraction of sp³-hybridized carbons (Fsp3) is 0.200. The molecule has 0 spiro atoms. The van der Waals surface area contributed by atoms with Crippen molar-refractivity contribution in [2.24, 2.45) is 0 Å². The molecule has 9 nitrogen and oxygen atoms in total. The quantitative estimate of drug-likeness (QED) is 0.385. The summed E-state index contributed by atoms with van der Waals surface area (Å²) >= 11 is 0. The predicted molar refractivity (Wildman–Crippen MR) is 113 cm³/mol. The Kier molecular flexibility index (Phi) is 7.26. The molecule has 12 heteroatoms. The largest absolute Gasteiger partial charge is 0.573 e. The van der Waals surface area contributed by atoms with E-state index >= 15 is 0 Å². The van der Waals surface area contributed by atoms with Gasteiger partial charge in [0, 0.05) is 25.0 Å². The third-order valence-electron chi connectivity index (χ3n) is 3.90. The first-order valence-electron chi connectivity index (χ1n) is 9.45. The van der Waals surface area contributed by atoms with Crippen LogP contribution < -0.4 is 26.0 Å². The number of amides is 2. The normalized spacial score (nSPS) is 10.9. The molecule has 32 heavy (non-hydrogen) atoms. The van der Waals surface area contributed by atoms with E-state index < -0.39 is 12.4 Å². The number of nitrogens with one attached hydrogen (secondary N) is 4. The first-order valence-corrected chi connectivity index (χ1v) is 9.45. The van der Waals surface area contributed by atoms with Gasteiger partial charge in [-0.1, -0.05) is 0 Å². The molecule has 2 aromatic heterocycles. The highest BCUT2D eigenvalue weighted by Gasteiger charge is 2.30. The Bertz CT molecular complexity index is 1030. The van der Waals surface area contributed by atoms with Gasteiger partial charge in [0.2, 0.25) is 0 Å². The van der Waals surface area contributed by atoms with Gasteiger partial charge in [-0.2, -0.15) is 0 Å². The van der Waals surface area contributed by atoms with E-state index in [9.17, 15) is 18.0 Å². The van der Waals surface area contributed by atoms with Crippen LogP contribution in [0.5, 0.6) is 5.75 Å². The lowest BCUT2D eigenvalue weighted by Gasteiger charge is -2.11.